The molecule has 0 aromatic carbocycles. The highest BCUT2D eigenvalue weighted by Crippen LogP contribution is 2.30. The van der Waals surface area contributed by atoms with Crippen molar-refractivity contribution in [2.24, 2.45) is 11.7 Å². The van der Waals surface area contributed by atoms with Crippen LogP contribution in [0.5, 0.6) is 0 Å². The maximum Gasteiger partial charge on any atom is 0.00965 e. The number of piperidine rings is 1. The largest absolute Gasteiger partial charge is 0.330 e. The van der Waals surface area contributed by atoms with Gasteiger partial charge < -0.3 is 16.0 Å². The highest BCUT2D eigenvalue weighted by Gasteiger charge is 2.32. The lowest BCUT2D eigenvalue weighted by molar-refractivity contribution is 0.164. The monoisotopic (exact) mass is 211 g/mol. The van der Waals surface area contributed by atoms with E-state index in [1.165, 1.54) is 45.3 Å². The van der Waals surface area contributed by atoms with Crippen LogP contribution >= 0.6 is 0 Å². The van der Waals surface area contributed by atoms with Gasteiger partial charge in [0.05, 0.1) is 0 Å². The van der Waals surface area contributed by atoms with Crippen LogP contribution in [0.2, 0.25) is 0 Å². The van der Waals surface area contributed by atoms with Crippen molar-refractivity contribution in [1.29, 1.82) is 0 Å². The Bertz CT molecular complexity index is 180. The quantitative estimate of drug-likeness (QED) is 0.639. The molecule has 1 atom stereocenters. The molecule has 3 heteroatoms. The summed E-state index contributed by atoms with van der Waals surface area (Å²) in [7, 11) is 0. The van der Waals surface area contributed by atoms with Crippen LogP contribution in [-0.4, -0.2) is 43.7 Å². The Morgan fingerprint density at radius 1 is 1.27 bits per heavy atom. The number of hydrogen-bond acceptors (Lipinski definition) is 3. The van der Waals surface area contributed by atoms with E-state index in [4.69, 9.17) is 5.73 Å². The van der Waals surface area contributed by atoms with Crippen LogP contribution in [0.3, 0.4) is 0 Å². The Balaban J connectivity index is 1.59. The molecular formula is C12H25N3. The van der Waals surface area contributed by atoms with Crippen LogP contribution in [0.25, 0.3) is 0 Å². The molecule has 3 nitrogen and oxygen atoms in total. The number of nitrogens with two attached hydrogens (primary N) is 1. The second-order valence-electron chi connectivity index (χ2n) is 5.08. The van der Waals surface area contributed by atoms with Gasteiger partial charge in [-0.25, -0.2) is 0 Å². The first-order chi connectivity index (χ1) is 7.40. The predicted molar refractivity (Wildman–Crippen MR) is 63.9 cm³/mol. The molecule has 0 bridgehead atoms. The summed E-state index contributed by atoms with van der Waals surface area (Å²) in [6.45, 7) is 5.79. The lowest BCUT2D eigenvalue weighted by Gasteiger charge is -2.32. The molecule has 88 valence electrons. The van der Waals surface area contributed by atoms with Gasteiger partial charge in [0.2, 0.25) is 0 Å². The summed E-state index contributed by atoms with van der Waals surface area (Å²) < 4.78 is 0. The van der Waals surface area contributed by atoms with Crippen molar-refractivity contribution in [2.75, 3.05) is 32.7 Å². The molecule has 2 rings (SSSR count). The molecule has 0 spiro atoms. The fourth-order valence-corrected chi connectivity index (χ4v) is 2.57. The molecule has 1 aliphatic heterocycles. The zero-order valence-electron chi connectivity index (χ0n) is 9.75. The number of likely N-dealkylation sites (tertiary alicyclic amines) is 1. The van der Waals surface area contributed by atoms with E-state index in [2.05, 4.69) is 10.2 Å². The Morgan fingerprint density at radius 3 is 2.87 bits per heavy atom. The van der Waals surface area contributed by atoms with Crippen molar-refractivity contribution in [2.45, 2.75) is 38.1 Å². The summed E-state index contributed by atoms with van der Waals surface area (Å²) in [6, 6.07) is 0.955. The molecule has 0 aromatic rings. The number of rotatable bonds is 6. The third-order valence-electron chi connectivity index (χ3n) is 3.60. The van der Waals surface area contributed by atoms with E-state index in [1.807, 2.05) is 0 Å². The fourth-order valence-electron chi connectivity index (χ4n) is 2.57. The van der Waals surface area contributed by atoms with Crippen molar-refractivity contribution >= 4 is 0 Å². The van der Waals surface area contributed by atoms with Gasteiger partial charge in [-0.3, -0.25) is 0 Å². The molecule has 1 saturated heterocycles. The fraction of sp³-hybridized carbons (Fsp3) is 1.00. The summed E-state index contributed by atoms with van der Waals surface area (Å²) >= 11 is 0. The van der Waals surface area contributed by atoms with Crippen molar-refractivity contribution < 1.29 is 0 Å². The first-order valence-corrected chi connectivity index (χ1v) is 6.55. The summed E-state index contributed by atoms with van der Waals surface area (Å²) in [5.74, 6) is 0.886. The van der Waals surface area contributed by atoms with Crippen LogP contribution in [0.1, 0.15) is 32.1 Å². The van der Waals surface area contributed by atoms with E-state index in [0.29, 0.717) is 0 Å². The predicted octanol–water partition coefficient (Wildman–Crippen LogP) is 0.799. The Labute approximate surface area is 93.4 Å². The van der Waals surface area contributed by atoms with Gasteiger partial charge in [-0.2, -0.15) is 0 Å². The van der Waals surface area contributed by atoms with Gasteiger partial charge >= 0.3 is 0 Å². The van der Waals surface area contributed by atoms with Crippen molar-refractivity contribution in [3.8, 4) is 0 Å². The first-order valence-electron chi connectivity index (χ1n) is 6.55. The van der Waals surface area contributed by atoms with E-state index in [0.717, 1.165) is 31.5 Å². The second kappa shape index (κ2) is 5.83. The summed E-state index contributed by atoms with van der Waals surface area (Å²) in [6.07, 6.45) is 6.83. The minimum Gasteiger partial charge on any atom is -0.330 e. The van der Waals surface area contributed by atoms with Crippen LogP contribution in [0, 0.1) is 5.92 Å². The molecule has 1 aliphatic carbocycles. The second-order valence-corrected chi connectivity index (χ2v) is 5.08. The minimum absolute atomic E-state index is 0.811. The van der Waals surface area contributed by atoms with Gasteiger partial charge in [0.1, 0.15) is 0 Å². The molecule has 2 aliphatic rings. The molecule has 3 N–H and O–H groups in total. The highest BCUT2D eigenvalue weighted by atomic mass is 15.2. The molecule has 1 heterocycles. The molecule has 0 amide bonds. The normalized spacial score (nSPS) is 28.2. The Kier molecular flexibility index (Phi) is 4.42. The van der Waals surface area contributed by atoms with Gasteiger partial charge in [-0.15, -0.1) is 0 Å². The van der Waals surface area contributed by atoms with Gasteiger partial charge in [0, 0.05) is 12.6 Å². The molecule has 15 heavy (non-hydrogen) atoms. The van der Waals surface area contributed by atoms with Gasteiger partial charge in [0.25, 0.3) is 0 Å². The maximum absolute atomic E-state index is 5.47. The Hall–Kier alpha value is -0.120. The highest BCUT2D eigenvalue weighted by molar-refractivity contribution is 4.88. The standard InChI is InChI=1S/C12H25N3/c13-6-2-7-14-9-11-3-1-8-15(10-11)12-4-5-12/h11-12,14H,1-10,13H2. The van der Waals surface area contributed by atoms with Crippen molar-refractivity contribution in [1.82, 2.24) is 10.2 Å². The molecule has 1 saturated carbocycles. The molecule has 0 aromatic heterocycles. The van der Waals surface area contributed by atoms with E-state index in [-0.39, 0.29) is 0 Å². The van der Waals surface area contributed by atoms with Crippen molar-refractivity contribution in [3.63, 3.8) is 0 Å². The van der Waals surface area contributed by atoms with Crippen LogP contribution in [-0.2, 0) is 0 Å². The summed E-state index contributed by atoms with van der Waals surface area (Å²) in [5.41, 5.74) is 5.47. The average molecular weight is 211 g/mol. The third-order valence-corrected chi connectivity index (χ3v) is 3.60. The van der Waals surface area contributed by atoms with Gasteiger partial charge in [0.15, 0.2) is 0 Å². The number of nitrogens with one attached hydrogen (secondary N) is 1. The van der Waals surface area contributed by atoms with E-state index in [1.54, 1.807) is 0 Å². The minimum atomic E-state index is 0.811. The summed E-state index contributed by atoms with van der Waals surface area (Å²) in [5, 5.41) is 3.53. The van der Waals surface area contributed by atoms with E-state index in [9.17, 15) is 0 Å². The number of nitrogens with zero attached hydrogens (tertiary/aromatic N) is 1. The smallest absolute Gasteiger partial charge is 0.00965 e. The van der Waals surface area contributed by atoms with Crippen LogP contribution in [0.4, 0.5) is 0 Å². The Morgan fingerprint density at radius 2 is 2.13 bits per heavy atom. The van der Waals surface area contributed by atoms with Crippen LogP contribution < -0.4 is 11.1 Å². The zero-order valence-corrected chi connectivity index (χ0v) is 9.75. The molecule has 1 unspecified atom stereocenters. The van der Waals surface area contributed by atoms with E-state index < -0.39 is 0 Å². The van der Waals surface area contributed by atoms with Crippen LogP contribution in [0.15, 0.2) is 0 Å². The SMILES string of the molecule is NCCCNCC1CCCN(C2CC2)C1. The lowest BCUT2D eigenvalue weighted by atomic mass is 9.98. The third kappa shape index (κ3) is 3.74. The zero-order chi connectivity index (χ0) is 10.5. The van der Waals surface area contributed by atoms with Gasteiger partial charge in [-0.05, 0) is 64.2 Å². The maximum atomic E-state index is 5.47. The van der Waals surface area contributed by atoms with E-state index >= 15 is 0 Å². The van der Waals surface area contributed by atoms with Gasteiger partial charge in [-0.1, -0.05) is 0 Å². The average Bonchev–Trinajstić information content (AvgIpc) is 3.09. The molecule has 0 radical (unpaired) electrons. The molecule has 2 fully saturated rings. The molecular weight excluding hydrogens is 186 g/mol. The topological polar surface area (TPSA) is 41.3 Å². The lowest BCUT2D eigenvalue weighted by Crippen LogP contribution is -2.41. The summed E-state index contributed by atoms with van der Waals surface area (Å²) in [4.78, 5) is 2.71. The first kappa shape index (κ1) is 11.4. The number of hydrogen-bond donors (Lipinski definition) is 2. The van der Waals surface area contributed by atoms with Crippen molar-refractivity contribution in [3.05, 3.63) is 0 Å².